The van der Waals surface area contributed by atoms with Crippen LogP contribution in [0.3, 0.4) is 0 Å². The average Bonchev–Trinajstić information content (AvgIpc) is 2.35. The van der Waals surface area contributed by atoms with Gasteiger partial charge in [-0.3, -0.25) is 4.79 Å². The lowest BCUT2D eigenvalue weighted by Gasteiger charge is -2.17. The molecule has 0 fully saturated rings. The van der Waals surface area contributed by atoms with Crippen LogP contribution in [0, 0.1) is 0 Å². The van der Waals surface area contributed by atoms with Crippen molar-refractivity contribution in [2.75, 3.05) is 20.0 Å². The van der Waals surface area contributed by atoms with Crippen molar-refractivity contribution in [3.8, 4) is 11.5 Å². The van der Waals surface area contributed by atoms with Gasteiger partial charge in [0.05, 0.1) is 14.2 Å². The Bertz CT molecular complexity index is 584. The molecule has 0 saturated carbocycles. The van der Waals surface area contributed by atoms with E-state index in [1.807, 2.05) is 0 Å². The monoisotopic (exact) mass is 303 g/mol. The van der Waals surface area contributed by atoms with Gasteiger partial charge in [0.25, 0.3) is 0 Å². The molecule has 1 unspecified atom stereocenters. The van der Waals surface area contributed by atoms with Crippen molar-refractivity contribution in [1.82, 2.24) is 4.72 Å². The van der Waals surface area contributed by atoms with Crippen molar-refractivity contribution in [3.05, 3.63) is 23.8 Å². The van der Waals surface area contributed by atoms with E-state index in [4.69, 9.17) is 14.6 Å². The van der Waals surface area contributed by atoms with Crippen molar-refractivity contribution in [2.45, 2.75) is 13.0 Å². The molecule has 0 aliphatic carbocycles. The Labute approximate surface area is 117 Å². The van der Waals surface area contributed by atoms with E-state index < -0.39 is 27.8 Å². The van der Waals surface area contributed by atoms with Gasteiger partial charge in [-0.2, -0.15) is 0 Å². The number of sulfonamides is 1. The highest BCUT2D eigenvalue weighted by molar-refractivity contribution is 7.90. The van der Waals surface area contributed by atoms with Gasteiger partial charge in [0.15, 0.2) is 5.75 Å². The molecule has 0 aromatic heterocycles. The van der Waals surface area contributed by atoms with Crippen LogP contribution in [-0.2, 0) is 14.8 Å². The third kappa shape index (κ3) is 4.39. The topological polar surface area (TPSA) is 102 Å². The standard InChI is InChI=1S/C12H17NO6S/c1-8(13-20(16,17)7-12(14)15)10-5-4-9(18-2)6-11(10)19-3/h4-6,8,13H,7H2,1-3H3,(H,14,15). The van der Waals surface area contributed by atoms with E-state index >= 15 is 0 Å². The van der Waals surface area contributed by atoms with Crippen LogP contribution in [0.4, 0.5) is 0 Å². The lowest BCUT2D eigenvalue weighted by molar-refractivity contribution is -0.134. The van der Waals surface area contributed by atoms with Crippen LogP contribution >= 0.6 is 0 Å². The number of rotatable bonds is 7. The van der Waals surface area contributed by atoms with E-state index in [9.17, 15) is 13.2 Å². The zero-order valence-electron chi connectivity index (χ0n) is 11.4. The number of carboxylic acids is 1. The molecule has 0 bridgehead atoms. The SMILES string of the molecule is COc1ccc(C(C)NS(=O)(=O)CC(=O)O)c(OC)c1. The number of nitrogens with one attached hydrogen (secondary N) is 1. The minimum Gasteiger partial charge on any atom is -0.497 e. The average molecular weight is 303 g/mol. The van der Waals surface area contributed by atoms with Crippen LogP contribution in [0.25, 0.3) is 0 Å². The maximum Gasteiger partial charge on any atom is 0.320 e. The maximum atomic E-state index is 11.6. The minimum atomic E-state index is -3.91. The quantitative estimate of drug-likeness (QED) is 0.771. The van der Waals surface area contributed by atoms with Gasteiger partial charge in [-0.05, 0) is 13.0 Å². The van der Waals surface area contributed by atoms with Crippen molar-refractivity contribution in [3.63, 3.8) is 0 Å². The molecule has 1 aromatic rings. The van der Waals surface area contributed by atoms with Crippen LogP contribution in [0.15, 0.2) is 18.2 Å². The third-order valence-electron chi connectivity index (χ3n) is 2.58. The fraction of sp³-hybridized carbons (Fsp3) is 0.417. The molecule has 1 aromatic carbocycles. The number of carboxylic acid groups (broad SMARTS) is 1. The van der Waals surface area contributed by atoms with Gasteiger partial charge in [-0.1, -0.05) is 6.07 Å². The number of carbonyl (C=O) groups is 1. The largest absolute Gasteiger partial charge is 0.497 e. The van der Waals surface area contributed by atoms with Crippen LogP contribution in [-0.4, -0.2) is 39.5 Å². The van der Waals surface area contributed by atoms with Crippen LogP contribution < -0.4 is 14.2 Å². The fourth-order valence-corrected chi connectivity index (χ4v) is 2.79. The zero-order valence-corrected chi connectivity index (χ0v) is 12.2. The molecule has 0 spiro atoms. The van der Waals surface area contributed by atoms with Gasteiger partial charge in [-0.15, -0.1) is 0 Å². The Morgan fingerprint density at radius 1 is 1.35 bits per heavy atom. The normalized spacial score (nSPS) is 12.8. The Balaban J connectivity index is 2.97. The van der Waals surface area contributed by atoms with E-state index in [2.05, 4.69) is 4.72 Å². The lowest BCUT2D eigenvalue weighted by Crippen LogP contribution is -2.32. The van der Waals surface area contributed by atoms with Gasteiger partial charge in [0.2, 0.25) is 10.0 Å². The predicted octanol–water partition coefficient (Wildman–Crippen LogP) is 0.769. The van der Waals surface area contributed by atoms with E-state index in [0.717, 1.165) is 0 Å². The molecular weight excluding hydrogens is 286 g/mol. The van der Waals surface area contributed by atoms with Crippen LogP contribution in [0.1, 0.15) is 18.5 Å². The second-order valence-corrected chi connectivity index (χ2v) is 5.85. The summed E-state index contributed by atoms with van der Waals surface area (Å²) in [5.74, 6) is -1.36. The third-order valence-corrected chi connectivity index (χ3v) is 3.92. The molecular formula is C12H17NO6S. The van der Waals surface area contributed by atoms with Crippen molar-refractivity contribution in [2.24, 2.45) is 0 Å². The van der Waals surface area contributed by atoms with Crippen molar-refractivity contribution in [1.29, 1.82) is 0 Å². The molecule has 112 valence electrons. The van der Waals surface area contributed by atoms with Gasteiger partial charge in [0.1, 0.15) is 11.5 Å². The fourth-order valence-electron chi connectivity index (χ4n) is 1.71. The Morgan fingerprint density at radius 3 is 2.50 bits per heavy atom. The molecule has 7 nitrogen and oxygen atoms in total. The first-order valence-corrected chi connectivity index (χ1v) is 7.38. The first kappa shape index (κ1) is 16.3. The van der Waals surface area contributed by atoms with E-state index in [0.29, 0.717) is 17.1 Å². The number of hydrogen-bond acceptors (Lipinski definition) is 5. The van der Waals surface area contributed by atoms with E-state index in [1.165, 1.54) is 14.2 Å². The molecule has 0 heterocycles. The van der Waals surface area contributed by atoms with Gasteiger partial charge >= 0.3 is 5.97 Å². The molecule has 1 rings (SSSR count). The van der Waals surface area contributed by atoms with Gasteiger partial charge in [0, 0.05) is 17.7 Å². The minimum absolute atomic E-state index is 0.454. The number of ether oxygens (including phenoxy) is 2. The maximum absolute atomic E-state index is 11.6. The highest BCUT2D eigenvalue weighted by atomic mass is 32.2. The Kier molecular flexibility index (Phi) is 5.34. The smallest absolute Gasteiger partial charge is 0.320 e. The summed E-state index contributed by atoms with van der Waals surface area (Å²) in [4.78, 5) is 10.5. The Morgan fingerprint density at radius 2 is 2.00 bits per heavy atom. The zero-order chi connectivity index (χ0) is 15.3. The summed E-state index contributed by atoms with van der Waals surface area (Å²) in [6, 6.07) is 4.32. The second kappa shape index (κ2) is 6.58. The summed E-state index contributed by atoms with van der Waals surface area (Å²) in [7, 11) is -0.943. The summed E-state index contributed by atoms with van der Waals surface area (Å²) >= 11 is 0. The highest BCUT2D eigenvalue weighted by Gasteiger charge is 2.21. The molecule has 1 atom stereocenters. The number of methoxy groups -OCH3 is 2. The first-order chi connectivity index (χ1) is 9.29. The molecule has 0 amide bonds. The van der Waals surface area contributed by atoms with Crippen LogP contribution in [0.5, 0.6) is 11.5 Å². The predicted molar refractivity (Wildman–Crippen MR) is 72.5 cm³/mol. The highest BCUT2D eigenvalue weighted by Crippen LogP contribution is 2.29. The van der Waals surface area contributed by atoms with E-state index in [1.54, 1.807) is 25.1 Å². The molecule has 0 radical (unpaired) electrons. The lowest BCUT2D eigenvalue weighted by atomic mass is 10.1. The molecule has 2 N–H and O–H groups in total. The molecule has 8 heteroatoms. The van der Waals surface area contributed by atoms with E-state index in [-0.39, 0.29) is 0 Å². The first-order valence-electron chi connectivity index (χ1n) is 5.72. The summed E-state index contributed by atoms with van der Waals surface area (Å²) in [6.07, 6.45) is 0. The molecule has 0 saturated heterocycles. The van der Waals surface area contributed by atoms with Crippen molar-refractivity contribution >= 4 is 16.0 Å². The number of hydrogen-bond donors (Lipinski definition) is 2. The molecule has 0 aliphatic rings. The Hall–Kier alpha value is -1.80. The number of aliphatic carboxylic acids is 1. The summed E-state index contributed by atoms with van der Waals surface area (Å²) in [5, 5.41) is 8.54. The second-order valence-electron chi connectivity index (χ2n) is 4.10. The summed E-state index contributed by atoms with van der Waals surface area (Å²) < 4.78 is 35.7. The van der Waals surface area contributed by atoms with Crippen LogP contribution in [0.2, 0.25) is 0 Å². The van der Waals surface area contributed by atoms with Crippen molar-refractivity contribution < 1.29 is 27.8 Å². The molecule has 20 heavy (non-hydrogen) atoms. The summed E-state index contributed by atoms with van der Waals surface area (Å²) in [6.45, 7) is 1.60. The molecule has 0 aliphatic heterocycles. The van der Waals surface area contributed by atoms with Gasteiger partial charge in [-0.25, -0.2) is 13.1 Å². The van der Waals surface area contributed by atoms with Gasteiger partial charge < -0.3 is 14.6 Å². The number of benzene rings is 1. The summed E-state index contributed by atoms with van der Waals surface area (Å²) in [5.41, 5.74) is 0.585.